The molecule has 1 heterocycles. The van der Waals surface area contributed by atoms with E-state index in [4.69, 9.17) is 0 Å². The Bertz CT molecular complexity index is 339. The molecule has 0 aromatic carbocycles. The predicted octanol–water partition coefficient (Wildman–Crippen LogP) is 3.17. The number of pyridine rings is 1. The van der Waals surface area contributed by atoms with E-state index in [-0.39, 0.29) is 6.07 Å². The Kier molecular flexibility index (Phi) is 2.86. The SMILES string of the molecule is FC(F)(F)C(F)(c1c[c]ccn1)C(F)(F)F. The molecule has 0 saturated heterocycles. The molecule has 0 bridgehead atoms. The van der Waals surface area contributed by atoms with Crippen LogP contribution in [0.5, 0.6) is 0 Å². The van der Waals surface area contributed by atoms with E-state index in [2.05, 4.69) is 4.98 Å². The lowest BCUT2D eigenvalue weighted by Crippen LogP contribution is -2.50. The van der Waals surface area contributed by atoms with Crippen LogP contribution in [0.25, 0.3) is 0 Å². The minimum Gasteiger partial charge on any atom is -0.257 e. The van der Waals surface area contributed by atoms with E-state index < -0.39 is 23.7 Å². The van der Waals surface area contributed by atoms with Crippen LogP contribution in [0, 0.1) is 6.07 Å². The largest absolute Gasteiger partial charge is 0.437 e. The highest BCUT2D eigenvalue weighted by Gasteiger charge is 2.74. The Hall–Kier alpha value is -1.34. The zero-order valence-electron chi connectivity index (χ0n) is 7.33. The van der Waals surface area contributed by atoms with Gasteiger partial charge in [-0.15, -0.1) is 0 Å². The van der Waals surface area contributed by atoms with E-state index in [9.17, 15) is 30.7 Å². The molecule has 89 valence electrons. The highest BCUT2D eigenvalue weighted by Crippen LogP contribution is 2.52. The number of hydrogen-bond donors (Lipinski definition) is 0. The highest BCUT2D eigenvalue weighted by molar-refractivity contribution is 5.18. The summed E-state index contributed by atoms with van der Waals surface area (Å²) in [5.74, 6) is 0. The fourth-order valence-electron chi connectivity index (χ4n) is 0.964. The number of rotatable bonds is 1. The average Bonchev–Trinajstić information content (AvgIpc) is 2.14. The molecule has 0 spiro atoms. The van der Waals surface area contributed by atoms with Crippen LogP contribution in [0.3, 0.4) is 0 Å². The molecule has 0 saturated carbocycles. The minimum atomic E-state index is -6.13. The second kappa shape index (κ2) is 3.60. The van der Waals surface area contributed by atoms with Gasteiger partial charge in [0.25, 0.3) is 0 Å². The summed E-state index contributed by atoms with van der Waals surface area (Å²) in [5, 5.41) is 0. The van der Waals surface area contributed by atoms with Crippen LogP contribution < -0.4 is 0 Å². The minimum absolute atomic E-state index is 0.209. The van der Waals surface area contributed by atoms with Crippen molar-refractivity contribution in [3.8, 4) is 0 Å². The summed E-state index contributed by atoms with van der Waals surface area (Å²) in [6.07, 6.45) is -11.7. The lowest BCUT2D eigenvalue weighted by atomic mass is 10.00. The van der Waals surface area contributed by atoms with E-state index >= 15 is 0 Å². The van der Waals surface area contributed by atoms with E-state index in [1.807, 2.05) is 6.07 Å². The summed E-state index contributed by atoms with van der Waals surface area (Å²) < 4.78 is 86.0. The maximum atomic E-state index is 13.2. The van der Waals surface area contributed by atoms with Crippen LogP contribution in [0.15, 0.2) is 18.3 Å². The molecular formula is C8H3F7N. The molecule has 0 unspecified atom stereocenters. The molecule has 0 amide bonds. The maximum Gasteiger partial charge on any atom is 0.437 e. The molecule has 0 aliphatic carbocycles. The van der Waals surface area contributed by atoms with Gasteiger partial charge in [-0.2, -0.15) is 26.3 Å². The maximum absolute atomic E-state index is 13.2. The highest BCUT2D eigenvalue weighted by atomic mass is 19.4. The lowest BCUT2D eigenvalue weighted by molar-refractivity contribution is -0.350. The van der Waals surface area contributed by atoms with Gasteiger partial charge in [-0.05, 0) is 18.2 Å². The van der Waals surface area contributed by atoms with Gasteiger partial charge in [0.05, 0.1) is 5.69 Å². The van der Waals surface area contributed by atoms with Crippen LogP contribution in [-0.2, 0) is 5.67 Å². The van der Waals surface area contributed by atoms with Gasteiger partial charge in [-0.1, -0.05) is 0 Å². The monoisotopic (exact) mass is 246 g/mol. The zero-order chi connectivity index (χ0) is 12.6. The quantitative estimate of drug-likeness (QED) is 0.693. The Morgan fingerprint density at radius 1 is 0.938 bits per heavy atom. The first kappa shape index (κ1) is 12.7. The lowest BCUT2D eigenvalue weighted by Gasteiger charge is -2.29. The summed E-state index contributed by atoms with van der Waals surface area (Å²) in [7, 11) is 0. The number of hydrogen-bond acceptors (Lipinski definition) is 1. The smallest absolute Gasteiger partial charge is 0.257 e. The first-order valence-electron chi connectivity index (χ1n) is 3.75. The van der Waals surface area contributed by atoms with Crippen molar-refractivity contribution in [1.82, 2.24) is 4.98 Å². The number of nitrogens with zero attached hydrogens (tertiary/aromatic N) is 1. The first-order chi connectivity index (χ1) is 7.11. The van der Waals surface area contributed by atoms with Crippen molar-refractivity contribution >= 4 is 0 Å². The van der Waals surface area contributed by atoms with Gasteiger partial charge in [0, 0.05) is 6.20 Å². The normalized spacial score (nSPS) is 13.9. The number of halogens is 7. The van der Waals surface area contributed by atoms with Gasteiger partial charge in [-0.3, -0.25) is 4.98 Å². The topological polar surface area (TPSA) is 12.9 Å². The van der Waals surface area contributed by atoms with Crippen LogP contribution in [0.1, 0.15) is 5.69 Å². The third-order valence-electron chi connectivity index (χ3n) is 1.74. The summed E-state index contributed by atoms with van der Waals surface area (Å²) >= 11 is 0. The van der Waals surface area contributed by atoms with Gasteiger partial charge >= 0.3 is 18.0 Å². The van der Waals surface area contributed by atoms with Crippen molar-refractivity contribution in [1.29, 1.82) is 0 Å². The van der Waals surface area contributed by atoms with Crippen LogP contribution in [0.4, 0.5) is 30.7 Å². The van der Waals surface area contributed by atoms with E-state index in [1.54, 1.807) is 0 Å². The molecular weight excluding hydrogens is 243 g/mol. The summed E-state index contributed by atoms with van der Waals surface area (Å²) in [5.41, 5.74) is -7.26. The fourth-order valence-corrected chi connectivity index (χ4v) is 0.964. The number of aromatic nitrogens is 1. The molecule has 1 radical (unpaired) electrons. The zero-order valence-corrected chi connectivity index (χ0v) is 7.33. The third kappa shape index (κ3) is 1.83. The summed E-state index contributed by atoms with van der Waals surface area (Å²) in [6, 6.07) is 3.07. The summed E-state index contributed by atoms with van der Waals surface area (Å²) in [4.78, 5) is 2.74. The Labute approximate surface area is 84.9 Å². The second-order valence-electron chi connectivity index (χ2n) is 2.80. The molecule has 0 fully saturated rings. The van der Waals surface area contributed by atoms with Crippen molar-refractivity contribution in [2.75, 3.05) is 0 Å². The van der Waals surface area contributed by atoms with Crippen molar-refractivity contribution in [2.45, 2.75) is 18.0 Å². The standard InChI is InChI=1S/C8H3F7N/c9-6(7(10,11)12,8(13,14)15)5-3-1-2-4-16-5/h2-4H. The molecule has 0 aliphatic heterocycles. The van der Waals surface area contributed by atoms with Crippen LogP contribution in [-0.4, -0.2) is 17.3 Å². The number of alkyl halides is 7. The third-order valence-corrected chi connectivity index (χ3v) is 1.74. The molecule has 0 aliphatic rings. The molecule has 1 aromatic rings. The van der Waals surface area contributed by atoms with E-state index in [0.29, 0.717) is 6.20 Å². The molecule has 0 atom stereocenters. The Morgan fingerprint density at radius 2 is 1.44 bits per heavy atom. The Morgan fingerprint density at radius 3 is 1.75 bits per heavy atom. The molecule has 16 heavy (non-hydrogen) atoms. The molecule has 1 aromatic heterocycles. The van der Waals surface area contributed by atoms with Crippen molar-refractivity contribution < 1.29 is 30.7 Å². The average molecular weight is 246 g/mol. The molecule has 8 heteroatoms. The summed E-state index contributed by atoms with van der Waals surface area (Å²) in [6.45, 7) is 0. The molecule has 0 N–H and O–H groups in total. The van der Waals surface area contributed by atoms with Crippen molar-refractivity contribution in [3.63, 3.8) is 0 Å². The first-order valence-corrected chi connectivity index (χ1v) is 3.75. The Balaban J connectivity index is 3.39. The fraction of sp³-hybridized carbons (Fsp3) is 0.375. The van der Waals surface area contributed by atoms with Crippen molar-refractivity contribution in [3.05, 3.63) is 30.1 Å². The second-order valence-corrected chi connectivity index (χ2v) is 2.80. The van der Waals surface area contributed by atoms with Gasteiger partial charge in [-0.25, -0.2) is 4.39 Å². The van der Waals surface area contributed by atoms with Crippen LogP contribution in [0.2, 0.25) is 0 Å². The van der Waals surface area contributed by atoms with E-state index in [1.165, 1.54) is 0 Å². The van der Waals surface area contributed by atoms with Crippen molar-refractivity contribution in [2.24, 2.45) is 0 Å². The predicted molar refractivity (Wildman–Crippen MR) is 38.0 cm³/mol. The van der Waals surface area contributed by atoms with Crippen LogP contribution >= 0.6 is 0 Å². The molecule has 1 rings (SSSR count). The van der Waals surface area contributed by atoms with Gasteiger partial charge in [0.2, 0.25) is 0 Å². The van der Waals surface area contributed by atoms with Gasteiger partial charge < -0.3 is 0 Å². The van der Waals surface area contributed by atoms with Gasteiger partial charge in [0.1, 0.15) is 0 Å². The van der Waals surface area contributed by atoms with E-state index in [0.717, 1.165) is 6.07 Å². The molecule has 1 nitrogen and oxygen atoms in total. The van der Waals surface area contributed by atoms with Gasteiger partial charge in [0.15, 0.2) is 0 Å².